The summed E-state index contributed by atoms with van der Waals surface area (Å²) in [7, 11) is 0. The molecular formula is C44H27N5S. The second-order valence-electron chi connectivity index (χ2n) is 12.3. The molecule has 0 radical (unpaired) electrons. The summed E-state index contributed by atoms with van der Waals surface area (Å²) in [6.07, 6.45) is 1.85. The molecule has 10 aromatic rings. The Kier molecular flexibility index (Phi) is 6.60. The van der Waals surface area contributed by atoms with E-state index in [1.165, 1.54) is 42.1 Å². The molecule has 4 aromatic heterocycles. The van der Waals surface area contributed by atoms with E-state index < -0.39 is 0 Å². The SMILES string of the molecule is c1ccc(-c2nc(-c3ccccc3)nc(-c3ccnc(-n4c5ccccc5c5ccc(-c6cccc7sc8ccccc8c67)cc54)c3)n2)cc1. The fraction of sp³-hybridized carbons (Fsp3) is 0. The van der Waals surface area contributed by atoms with E-state index in [0.29, 0.717) is 17.5 Å². The van der Waals surface area contributed by atoms with Crippen LogP contribution >= 0.6 is 11.3 Å². The highest BCUT2D eigenvalue weighted by molar-refractivity contribution is 7.25. The molecule has 0 bridgehead atoms. The van der Waals surface area contributed by atoms with Crippen LogP contribution in [0.3, 0.4) is 0 Å². The van der Waals surface area contributed by atoms with Crippen molar-refractivity contribution in [3.05, 3.63) is 164 Å². The van der Waals surface area contributed by atoms with E-state index in [2.05, 4.69) is 95.6 Å². The summed E-state index contributed by atoms with van der Waals surface area (Å²) in [5.41, 5.74) is 7.32. The Labute approximate surface area is 291 Å². The van der Waals surface area contributed by atoms with Crippen molar-refractivity contribution in [2.24, 2.45) is 0 Å². The van der Waals surface area contributed by atoms with E-state index in [4.69, 9.17) is 19.9 Å². The summed E-state index contributed by atoms with van der Waals surface area (Å²) in [4.78, 5) is 19.8. The molecule has 0 fully saturated rings. The molecule has 10 rings (SSSR count). The van der Waals surface area contributed by atoms with Crippen LogP contribution in [0.4, 0.5) is 0 Å². The molecule has 0 atom stereocenters. The Hall–Kier alpha value is -6.50. The zero-order valence-electron chi connectivity index (χ0n) is 26.7. The molecule has 0 amide bonds. The van der Waals surface area contributed by atoms with Gasteiger partial charge in [-0.2, -0.15) is 0 Å². The Morgan fingerprint density at radius 1 is 0.420 bits per heavy atom. The molecule has 0 saturated carbocycles. The molecule has 0 N–H and O–H groups in total. The first-order chi connectivity index (χ1) is 24.8. The van der Waals surface area contributed by atoms with Crippen molar-refractivity contribution in [3.63, 3.8) is 0 Å². The molecule has 0 aliphatic heterocycles. The number of thiophene rings is 1. The third kappa shape index (κ3) is 4.69. The summed E-state index contributed by atoms with van der Waals surface area (Å²) < 4.78 is 4.86. The Morgan fingerprint density at radius 2 is 1.04 bits per heavy atom. The molecular weight excluding hydrogens is 631 g/mol. The van der Waals surface area contributed by atoms with Crippen molar-refractivity contribution in [3.8, 4) is 51.1 Å². The van der Waals surface area contributed by atoms with Gasteiger partial charge in [-0.25, -0.2) is 19.9 Å². The first kappa shape index (κ1) is 28.5. The standard InChI is InChI=1S/C44H27N5S/c1-3-12-28(13-4-1)42-46-43(29-14-5-2-6-15-29)48-44(47-42)31-24-25-45-40(27-31)49-36-19-9-7-16-33(36)34-23-22-30(26-37(34)49)32-18-11-21-39-41(32)35-17-8-10-20-38(35)50-39/h1-27H. The summed E-state index contributed by atoms with van der Waals surface area (Å²) in [5.74, 6) is 2.65. The van der Waals surface area contributed by atoms with Gasteiger partial charge in [-0.1, -0.05) is 121 Å². The minimum atomic E-state index is 0.596. The maximum atomic E-state index is 4.99. The predicted octanol–water partition coefficient (Wildman–Crippen LogP) is 11.4. The van der Waals surface area contributed by atoms with Gasteiger partial charge in [0.15, 0.2) is 17.5 Å². The van der Waals surface area contributed by atoms with E-state index in [9.17, 15) is 0 Å². The second-order valence-corrected chi connectivity index (χ2v) is 13.4. The molecule has 0 saturated heterocycles. The monoisotopic (exact) mass is 657 g/mol. The van der Waals surface area contributed by atoms with Crippen molar-refractivity contribution in [1.82, 2.24) is 24.5 Å². The highest BCUT2D eigenvalue weighted by Crippen LogP contribution is 2.42. The van der Waals surface area contributed by atoms with Gasteiger partial charge in [0.2, 0.25) is 0 Å². The maximum Gasteiger partial charge on any atom is 0.164 e. The molecule has 234 valence electrons. The highest BCUT2D eigenvalue weighted by atomic mass is 32.1. The van der Waals surface area contributed by atoms with Crippen LogP contribution in [0.1, 0.15) is 0 Å². The third-order valence-corrected chi connectivity index (χ3v) is 10.5. The second kappa shape index (κ2) is 11.6. The van der Waals surface area contributed by atoms with Gasteiger partial charge in [0.25, 0.3) is 0 Å². The molecule has 0 unspecified atom stereocenters. The Morgan fingerprint density at radius 3 is 1.80 bits per heavy atom. The lowest BCUT2D eigenvalue weighted by Crippen LogP contribution is -2.02. The minimum absolute atomic E-state index is 0.596. The number of hydrogen-bond acceptors (Lipinski definition) is 5. The summed E-state index contributed by atoms with van der Waals surface area (Å²) in [6.45, 7) is 0. The molecule has 6 aromatic carbocycles. The number of fused-ring (bicyclic) bond motifs is 6. The van der Waals surface area contributed by atoms with Crippen molar-refractivity contribution < 1.29 is 0 Å². The van der Waals surface area contributed by atoms with Crippen molar-refractivity contribution in [1.29, 1.82) is 0 Å². The Bertz CT molecular complexity index is 2820. The third-order valence-electron chi connectivity index (χ3n) is 9.32. The van der Waals surface area contributed by atoms with E-state index >= 15 is 0 Å². The van der Waals surface area contributed by atoms with Crippen LogP contribution in [0.5, 0.6) is 0 Å². The van der Waals surface area contributed by atoms with E-state index in [1.807, 2.05) is 84.3 Å². The quantitative estimate of drug-likeness (QED) is 0.185. The maximum absolute atomic E-state index is 4.99. The lowest BCUT2D eigenvalue weighted by atomic mass is 9.98. The normalized spacial score (nSPS) is 11.6. The number of pyridine rings is 1. The molecule has 6 heteroatoms. The molecule has 5 nitrogen and oxygen atoms in total. The van der Waals surface area contributed by atoms with Crippen LogP contribution in [0, 0.1) is 0 Å². The number of rotatable bonds is 5. The van der Waals surface area contributed by atoms with Crippen LogP contribution in [-0.2, 0) is 0 Å². The van der Waals surface area contributed by atoms with Crippen molar-refractivity contribution in [2.75, 3.05) is 0 Å². The van der Waals surface area contributed by atoms with Gasteiger partial charge in [-0.05, 0) is 47.5 Å². The number of nitrogens with zero attached hydrogens (tertiary/aromatic N) is 5. The number of para-hydroxylation sites is 1. The molecule has 4 heterocycles. The zero-order valence-corrected chi connectivity index (χ0v) is 27.5. The van der Waals surface area contributed by atoms with Crippen LogP contribution < -0.4 is 0 Å². The van der Waals surface area contributed by atoms with Crippen LogP contribution in [0.15, 0.2) is 164 Å². The summed E-state index contributed by atoms with van der Waals surface area (Å²) in [6, 6.07) is 54.9. The van der Waals surface area contributed by atoms with E-state index in [-0.39, 0.29) is 0 Å². The lowest BCUT2D eigenvalue weighted by Gasteiger charge is -2.11. The molecule has 0 aliphatic carbocycles. The van der Waals surface area contributed by atoms with Gasteiger partial charge in [0.05, 0.1) is 11.0 Å². The predicted molar refractivity (Wildman–Crippen MR) is 207 cm³/mol. The number of hydrogen-bond donors (Lipinski definition) is 0. The largest absolute Gasteiger partial charge is 0.294 e. The topological polar surface area (TPSA) is 56.5 Å². The van der Waals surface area contributed by atoms with Gasteiger partial charge in [-0.3, -0.25) is 4.57 Å². The van der Waals surface area contributed by atoms with Crippen LogP contribution in [0.2, 0.25) is 0 Å². The summed E-state index contributed by atoms with van der Waals surface area (Å²) in [5, 5.41) is 4.95. The number of benzene rings is 6. The first-order valence-electron chi connectivity index (χ1n) is 16.6. The van der Waals surface area contributed by atoms with Gasteiger partial charge in [0, 0.05) is 53.8 Å². The van der Waals surface area contributed by atoms with Crippen LogP contribution in [-0.4, -0.2) is 24.5 Å². The fourth-order valence-electron chi connectivity index (χ4n) is 7.02. The zero-order chi connectivity index (χ0) is 33.0. The number of aromatic nitrogens is 5. The average molecular weight is 658 g/mol. The lowest BCUT2D eigenvalue weighted by molar-refractivity contribution is 1.05. The minimum Gasteiger partial charge on any atom is -0.294 e. The van der Waals surface area contributed by atoms with Gasteiger partial charge < -0.3 is 0 Å². The van der Waals surface area contributed by atoms with E-state index in [0.717, 1.165) is 33.5 Å². The van der Waals surface area contributed by atoms with Gasteiger partial charge in [0.1, 0.15) is 5.82 Å². The van der Waals surface area contributed by atoms with Crippen LogP contribution in [0.25, 0.3) is 93.1 Å². The smallest absolute Gasteiger partial charge is 0.164 e. The fourth-order valence-corrected chi connectivity index (χ4v) is 8.15. The highest BCUT2D eigenvalue weighted by Gasteiger charge is 2.18. The van der Waals surface area contributed by atoms with Crippen molar-refractivity contribution >= 4 is 53.3 Å². The molecule has 0 spiro atoms. The van der Waals surface area contributed by atoms with Crippen molar-refractivity contribution in [2.45, 2.75) is 0 Å². The Balaban J connectivity index is 1.18. The first-order valence-corrected chi connectivity index (χ1v) is 17.4. The molecule has 50 heavy (non-hydrogen) atoms. The summed E-state index contributed by atoms with van der Waals surface area (Å²) >= 11 is 1.84. The average Bonchev–Trinajstić information content (AvgIpc) is 3.74. The molecule has 0 aliphatic rings. The van der Waals surface area contributed by atoms with Gasteiger partial charge >= 0.3 is 0 Å². The van der Waals surface area contributed by atoms with Gasteiger partial charge in [-0.15, -0.1) is 11.3 Å². The van der Waals surface area contributed by atoms with E-state index in [1.54, 1.807) is 0 Å².